The number of rotatable bonds is 2. The average molecular weight is 226 g/mol. The summed E-state index contributed by atoms with van der Waals surface area (Å²) in [6.07, 6.45) is 0. The standard InChI is InChI=1S/C8H6O6.C2H4/c9-7(13-11)5-1-2-6(4-3-5)8(10)14-12;1-2/h1-4,11-12H;1-2H2. The summed E-state index contributed by atoms with van der Waals surface area (Å²) in [6, 6.07) is 4.96. The van der Waals surface area contributed by atoms with Crippen LogP contribution in [0.15, 0.2) is 37.4 Å². The molecule has 0 unspecified atom stereocenters. The zero-order valence-electron chi connectivity index (χ0n) is 8.25. The first-order chi connectivity index (χ1) is 7.69. The van der Waals surface area contributed by atoms with Crippen LogP contribution in [0.1, 0.15) is 20.7 Å². The minimum absolute atomic E-state index is 0.0713. The highest BCUT2D eigenvalue weighted by Crippen LogP contribution is 2.06. The Labute approximate surface area is 91.2 Å². The molecular formula is C10H10O6. The number of carbonyl (C=O) groups excluding carboxylic acids is 2. The van der Waals surface area contributed by atoms with Gasteiger partial charge in [0.1, 0.15) is 0 Å². The predicted octanol–water partition coefficient (Wildman–Crippen LogP) is 1.75. The van der Waals surface area contributed by atoms with Gasteiger partial charge in [-0.05, 0) is 24.3 Å². The van der Waals surface area contributed by atoms with Gasteiger partial charge in [-0.25, -0.2) is 9.59 Å². The Morgan fingerprint density at radius 1 is 0.875 bits per heavy atom. The molecule has 0 aliphatic carbocycles. The Kier molecular flexibility index (Phi) is 6.18. The van der Waals surface area contributed by atoms with Crippen molar-refractivity contribution in [3.63, 3.8) is 0 Å². The van der Waals surface area contributed by atoms with Crippen molar-refractivity contribution in [3.05, 3.63) is 48.6 Å². The first-order valence-electron chi connectivity index (χ1n) is 4.00. The van der Waals surface area contributed by atoms with Crippen LogP contribution in [0.2, 0.25) is 0 Å². The molecule has 0 atom stereocenters. The van der Waals surface area contributed by atoms with E-state index in [1.165, 1.54) is 24.3 Å². The van der Waals surface area contributed by atoms with Crippen LogP contribution < -0.4 is 0 Å². The van der Waals surface area contributed by atoms with Crippen LogP contribution >= 0.6 is 0 Å². The van der Waals surface area contributed by atoms with Crippen molar-refractivity contribution in [1.29, 1.82) is 0 Å². The lowest BCUT2D eigenvalue weighted by Crippen LogP contribution is -2.04. The highest BCUT2D eigenvalue weighted by Gasteiger charge is 2.10. The largest absolute Gasteiger partial charge is 0.372 e. The van der Waals surface area contributed by atoms with Crippen molar-refractivity contribution in [1.82, 2.24) is 0 Å². The minimum atomic E-state index is -0.936. The van der Waals surface area contributed by atoms with Gasteiger partial charge in [0.2, 0.25) is 0 Å². The summed E-state index contributed by atoms with van der Waals surface area (Å²) in [5.74, 6) is -1.87. The van der Waals surface area contributed by atoms with Gasteiger partial charge in [-0.2, -0.15) is 10.5 Å². The summed E-state index contributed by atoms with van der Waals surface area (Å²) < 4.78 is 0. The van der Waals surface area contributed by atoms with Gasteiger partial charge < -0.3 is 0 Å². The normalized spacial score (nSPS) is 8.38. The van der Waals surface area contributed by atoms with Crippen molar-refractivity contribution >= 4 is 11.9 Å². The average Bonchev–Trinajstić information content (AvgIpc) is 2.39. The molecule has 0 saturated carbocycles. The highest BCUT2D eigenvalue weighted by atomic mass is 17.1. The smallest absolute Gasteiger partial charge is 0.296 e. The molecule has 86 valence electrons. The third kappa shape index (κ3) is 3.52. The molecule has 0 aliphatic rings. The molecule has 0 bridgehead atoms. The second-order valence-electron chi connectivity index (χ2n) is 2.33. The van der Waals surface area contributed by atoms with Crippen LogP contribution in [-0.4, -0.2) is 22.5 Å². The van der Waals surface area contributed by atoms with E-state index in [4.69, 9.17) is 10.5 Å². The third-order valence-electron chi connectivity index (χ3n) is 1.52. The van der Waals surface area contributed by atoms with E-state index in [1.807, 2.05) is 0 Å². The molecule has 0 amide bonds. The van der Waals surface area contributed by atoms with Gasteiger partial charge in [0, 0.05) is 0 Å². The molecule has 0 heterocycles. The monoisotopic (exact) mass is 226 g/mol. The van der Waals surface area contributed by atoms with E-state index in [-0.39, 0.29) is 11.1 Å². The summed E-state index contributed by atoms with van der Waals surface area (Å²) in [5, 5.41) is 16.1. The Balaban J connectivity index is 0.00000106. The highest BCUT2D eigenvalue weighted by molar-refractivity contribution is 5.92. The maximum Gasteiger partial charge on any atom is 0.372 e. The van der Waals surface area contributed by atoms with Crippen molar-refractivity contribution in [2.75, 3.05) is 0 Å². The van der Waals surface area contributed by atoms with E-state index in [9.17, 15) is 9.59 Å². The fourth-order valence-corrected chi connectivity index (χ4v) is 0.848. The number of benzene rings is 1. The van der Waals surface area contributed by atoms with Crippen molar-refractivity contribution in [2.24, 2.45) is 0 Å². The summed E-state index contributed by atoms with van der Waals surface area (Å²) in [4.78, 5) is 28.4. The summed E-state index contributed by atoms with van der Waals surface area (Å²) in [5.41, 5.74) is 0.143. The molecule has 6 heteroatoms. The van der Waals surface area contributed by atoms with Crippen molar-refractivity contribution in [2.45, 2.75) is 0 Å². The fraction of sp³-hybridized carbons (Fsp3) is 0. The molecule has 6 nitrogen and oxygen atoms in total. The van der Waals surface area contributed by atoms with Gasteiger partial charge in [0.05, 0.1) is 11.1 Å². The predicted molar refractivity (Wildman–Crippen MR) is 53.8 cm³/mol. The van der Waals surface area contributed by atoms with E-state index in [0.29, 0.717) is 0 Å². The van der Waals surface area contributed by atoms with Gasteiger partial charge >= 0.3 is 11.9 Å². The van der Waals surface area contributed by atoms with Gasteiger partial charge in [0.25, 0.3) is 0 Å². The Morgan fingerprint density at radius 2 is 1.12 bits per heavy atom. The van der Waals surface area contributed by atoms with Crippen molar-refractivity contribution in [3.8, 4) is 0 Å². The molecule has 0 fully saturated rings. The first kappa shape index (κ1) is 13.8. The van der Waals surface area contributed by atoms with Crippen molar-refractivity contribution < 1.29 is 29.9 Å². The minimum Gasteiger partial charge on any atom is -0.296 e. The lowest BCUT2D eigenvalue weighted by atomic mass is 10.1. The molecule has 2 N–H and O–H groups in total. The lowest BCUT2D eigenvalue weighted by molar-refractivity contribution is -0.183. The molecule has 0 radical (unpaired) electrons. The van der Waals surface area contributed by atoms with Crippen LogP contribution in [0, 0.1) is 0 Å². The molecule has 0 aliphatic heterocycles. The maximum atomic E-state index is 10.7. The van der Waals surface area contributed by atoms with Crippen LogP contribution in [0.4, 0.5) is 0 Å². The number of hydrogen-bond donors (Lipinski definition) is 2. The van der Waals surface area contributed by atoms with Crippen LogP contribution in [0.25, 0.3) is 0 Å². The van der Waals surface area contributed by atoms with E-state index in [2.05, 4.69) is 22.9 Å². The molecule has 1 rings (SSSR count). The van der Waals surface area contributed by atoms with Gasteiger partial charge in [-0.3, -0.25) is 9.78 Å². The zero-order valence-corrected chi connectivity index (χ0v) is 8.25. The van der Waals surface area contributed by atoms with E-state index in [1.54, 1.807) is 0 Å². The van der Waals surface area contributed by atoms with Gasteiger partial charge in [-0.15, -0.1) is 13.2 Å². The maximum absolute atomic E-state index is 10.7. The van der Waals surface area contributed by atoms with E-state index >= 15 is 0 Å². The molecule has 0 aromatic heterocycles. The summed E-state index contributed by atoms with van der Waals surface area (Å²) in [6.45, 7) is 6.00. The molecule has 1 aromatic carbocycles. The fourth-order valence-electron chi connectivity index (χ4n) is 0.848. The Bertz CT molecular complexity index is 321. The molecule has 1 aromatic rings. The first-order valence-corrected chi connectivity index (χ1v) is 4.00. The summed E-state index contributed by atoms with van der Waals surface area (Å²) >= 11 is 0. The Morgan fingerprint density at radius 3 is 1.31 bits per heavy atom. The third-order valence-corrected chi connectivity index (χ3v) is 1.52. The van der Waals surface area contributed by atoms with Crippen LogP contribution in [0.3, 0.4) is 0 Å². The SMILES string of the molecule is C=C.O=C(OO)c1ccc(C(=O)OO)cc1. The van der Waals surface area contributed by atoms with E-state index < -0.39 is 11.9 Å². The second-order valence-corrected chi connectivity index (χ2v) is 2.33. The van der Waals surface area contributed by atoms with Crippen LogP contribution in [0.5, 0.6) is 0 Å². The topological polar surface area (TPSA) is 93.1 Å². The lowest BCUT2D eigenvalue weighted by Gasteiger charge is -1.98. The van der Waals surface area contributed by atoms with Gasteiger partial charge in [0.15, 0.2) is 0 Å². The number of hydrogen-bond acceptors (Lipinski definition) is 6. The molecule has 0 saturated heterocycles. The number of carbonyl (C=O) groups is 2. The van der Waals surface area contributed by atoms with Gasteiger partial charge in [-0.1, -0.05) is 0 Å². The zero-order chi connectivity index (χ0) is 12.6. The molecule has 0 spiro atoms. The molecular weight excluding hydrogens is 216 g/mol. The van der Waals surface area contributed by atoms with Crippen LogP contribution in [-0.2, 0) is 9.78 Å². The summed E-state index contributed by atoms with van der Waals surface area (Å²) in [7, 11) is 0. The molecule has 16 heavy (non-hydrogen) atoms. The Hall–Kier alpha value is -2.18. The van der Waals surface area contributed by atoms with E-state index in [0.717, 1.165) is 0 Å². The quantitative estimate of drug-likeness (QED) is 0.453. The second kappa shape index (κ2) is 7.16.